The SMILES string of the molecule is CC1CCn2cnc(N)c2C1. The average molecular weight is 151 g/mol. The molecule has 0 aliphatic carbocycles. The van der Waals surface area contributed by atoms with E-state index in [9.17, 15) is 0 Å². The lowest BCUT2D eigenvalue weighted by molar-refractivity contribution is 0.417. The third kappa shape index (κ3) is 1.00. The fourth-order valence-electron chi connectivity index (χ4n) is 1.63. The number of fused-ring (bicyclic) bond motifs is 1. The minimum absolute atomic E-state index is 0.719. The number of nitrogens with zero attached hydrogens (tertiary/aromatic N) is 2. The number of imidazole rings is 1. The zero-order valence-corrected chi connectivity index (χ0v) is 6.75. The van der Waals surface area contributed by atoms with Crippen LogP contribution in [0.25, 0.3) is 0 Å². The van der Waals surface area contributed by atoms with E-state index in [1.807, 2.05) is 6.33 Å². The number of hydrogen-bond donors (Lipinski definition) is 1. The Bertz CT molecular complexity index is 264. The Kier molecular flexibility index (Phi) is 1.37. The van der Waals surface area contributed by atoms with Crippen molar-refractivity contribution in [3.05, 3.63) is 12.0 Å². The summed E-state index contributed by atoms with van der Waals surface area (Å²) in [6, 6.07) is 0. The summed E-state index contributed by atoms with van der Waals surface area (Å²) in [5, 5.41) is 0. The topological polar surface area (TPSA) is 43.8 Å². The van der Waals surface area contributed by atoms with Crippen LogP contribution < -0.4 is 5.73 Å². The molecule has 1 aromatic rings. The normalized spacial score (nSPS) is 23.2. The van der Waals surface area contributed by atoms with Gasteiger partial charge >= 0.3 is 0 Å². The highest BCUT2D eigenvalue weighted by molar-refractivity contribution is 5.35. The highest BCUT2D eigenvalue weighted by Crippen LogP contribution is 2.22. The quantitative estimate of drug-likeness (QED) is 0.602. The lowest BCUT2D eigenvalue weighted by Gasteiger charge is -2.20. The van der Waals surface area contributed by atoms with E-state index in [1.165, 1.54) is 12.1 Å². The monoisotopic (exact) mass is 151 g/mol. The molecular formula is C8H13N3. The molecule has 0 saturated heterocycles. The first-order valence-electron chi connectivity index (χ1n) is 4.07. The van der Waals surface area contributed by atoms with Crippen LogP contribution in [0, 0.1) is 5.92 Å². The molecule has 2 heterocycles. The first kappa shape index (κ1) is 6.70. The van der Waals surface area contributed by atoms with Crippen molar-refractivity contribution in [3.63, 3.8) is 0 Å². The van der Waals surface area contributed by atoms with Crippen molar-refractivity contribution in [2.45, 2.75) is 26.3 Å². The predicted molar refractivity (Wildman–Crippen MR) is 44.1 cm³/mol. The van der Waals surface area contributed by atoms with Crippen LogP contribution >= 0.6 is 0 Å². The van der Waals surface area contributed by atoms with Gasteiger partial charge in [0.25, 0.3) is 0 Å². The molecule has 0 bridgehead atoms. The van der Waals surface area contributed by atoms with E-state index in [1.54, 1.807) is 0 Å². The van der Waals surface area contributed by atoms with Gasteiger partial charge in [-0.05, 0) is 18.8 Å². The first-order valence-corrected chi connectivity index (χ1v) is 4.07. The standard InChI is InChI=1S/C8H13N3/c1-6-2-3-11-5-10-8(9)7(11)4-6/h5-6H,2-4,9H2,1H3. The molecular weight excluding hydrogens is 138 g/mol. The molecule has 3 heteroatoms. The molecule has 2 rings (SSSR count). The van der Waals surface area contributed by atoms with Crippen molar-refractivity contribution in [1.82, 2.24) is 9.55 Å². The average Bonchev–Trinajstić information content (AvgIpc) is 2.33. The fraction of sp³-hybridized carbons (Fsp3) is 0.625. The van der Waals surface area contributed by atoms with Crippen molar-refractivity contribution >= 4 is 5.82 Å². The summed E-state index contributed by atoms with van der Waals surface area (Å²) in [6.45, 7) is 3.34. The van der Waals surface area contributed by atoms with Crippen LogP contribution in [0.15, 0.2) is 6.33 Å². The van der Waals surface area contributed by atoms with Crippen molar-refractivity contribution in [1.29, 1.82) is 0 Å². The van der Waals surface area contributed by atoms with Crippen LogP contribution in [0.1, 0.15) is 19.0 Å². The number of nitrogen functional groups attached to an aromatic ring is 1. The van der Waals surface area contributed by atoms with Crippen LogP contribution in [0.3, 0.4) is 0 Å². The molecule has 1 aromatic heterocycles. The highest BCUT2D eigenvalue weighted by atomic mass is 15.1. The maximum Gasteiger partial charge on any atom is 0.144 e. The van der Waals surface area contributed by atoms with Gasteiger partial charge in [-0.15, -0.1) is 0 Å². The zero-order valence-electron chi connectivity index (χ0n) is 6.75. The first-order chi connectivity index (χ1) is 5.27. The second-order valence-electron chi connectivity index (χ2n) is 3.37. The molecule has 0 aromatic carbocycles. The third-order valence-electron chi connectivity index (χ3n) is 2.38. The second kappa shape index (κ2) is 2.26. The molecule has 0 amide bonds. The largest absolute Gasteiger partial charge is 0.382 e. The van der Waals surface area contributed by atoms with Gasteiger partial charge in [0.2, 0.25) is 0 Å². The van der Waals surface area contributed by atoms with Gasteiger partial charge in [-0.25, -0.2) is 4.98 Å². The van der Waals surface area contributed by atoms with Crippen LogP contribution in [-0.2, 0) is 13.0 Å². The molecule has 1 atom stereocenters. The number of aromatic nitrogens is 2. The highest BCUT2D eigenvalue weighted by Gasteiger charge is 2.17. The van der Waals surface area contributed by atoms with Crippen molar-refractivity contribution in [3.8, 4) is 0 Å². The zero-order chi connectivity index (χ0) is 7.84. The molecule has 2 N–H and O–H groups in total. The van der Waals surface area contributed by atoms with E-state index in [0.29, 0.717) is 0 Å². The molecule has 0 radical (unpaired) electrons. The Hall–Kier alpha value is -0.990. The lowest BCUT2D eigenvalue weighted by Crippen LogP contribution is -2.16. The molecule has 1 unspecified atom stereocenters. The number of anilines is 1. The number of nitrogens with two attached hydrogens (primary N) is 1. The van der Waals surface area contributed by atoms with Gasteiger partial charge < -0.3 is 10.3 Å². The van der Waals surface area contributed by atoms with Crippen LogP contribution in [0.5, 0.6) is 0 Å². The van der Waals surface area contributed by atoms with E-state index >= 15 is 0 Å². The Balaban J connectivity index is 2.37. The second-order valence-corrected chi connectivity index (χ2v) is 3.37. The number of hydrogen-bond acceptors (Lipinski definition) is 2. The van der Waals surface area contributed by atoms with Crippen molar-refractivity contribution in [2.75, 3.05) is 5.73 Å². The molecule has 0 spiro atoms. The van der Waals surface area contributed by atoms with Gasteiger partial charge in [-0.3, -0.25) is 0 Å². The summed E-state index contributed by atoms with van der Waals surface area (Å²) in [4.78, 5) is 4.07. The van der Waals surface area contributed by atoms with Crippen molar-refractivity contribution in [2.24, 2.45) is 5.92 Å². The lowest BCUT2D eigenvalue weighted by atomic mass is 9.98. The van der Waals surface area contributed by atoms with Gasteiger partial charge in [0.05, 0.1) is 12.0 Å². The Morgan fingerprint density at radius 3 is 3.36 bits per heavy atom. The van der Waals surface area contributed by atoms with E-state index in [2.05, 4.69) is 16.5 Å². The Morgan fingerprint density at radius 1 is 1.73 bits per heavy atom. The molecule has 3 nitrogen and oxygen atoms in total. The van der Waals surface area contributed by atoms with Gasteiger partial charge in [0.15, 0.2) is 0 Å². The van der Waals surface area contributed by atoms with Crippen LogP contribution in [0.4, 0.5) is 5.82 Å². The summed E-state index contributed by atoms with van der Waals surface area (Å²) in [5.41, 5.74) is 6.92. The molecule has 11 heavy (non-hydrogen) atoms. The van der Waals surface area contributed by atoms with Gasteiger partial charge in [0.1, 0.15) is 5.82 Å². The van der Waals surface area contributed by atoms with Crippen LogP contribution in [0.2, 0.25) is 0 Å². The maximum atomic E-state index is 5.69. The Labute approximate surface area is 66.2 Å². The molecule has 1 aliphatic rings. The summed E-state index contributed by atoms with van der Waals surface area (Å²) < 4.78 is 2.16. The summed E-state index contributed by atoms with van der Waals surface area (Å²) in [6.07, 6.45) is 4.19. The van der Waals surface area contributed by atoms with Gasteiger partial charge in [-0.2, -0.15) is 0 Å². The number of rotatable bonds is 0. The van der Waals surface area contributed by atoms with E-state index in [-0.39, 0.29) is 0 Å². The summed E-state index contributed by atoms with van der Waals surface area (Å²) in [7, 11) is 0. The number of aryl methyl sites for hydroxylation is 1. The van der Waals surface area contributed by atoms with E-state index in [0.717, 1.165) is 24.7 Å². The molecule has 60 valence electrons. The summed E-state index contributed by atoms with van der Waals surface area (Å²) in [5.74, 6) is 1.48. The third-order valence-corrected chi connectivity index (χ3v) is 2.38. The maximum absolute atomic E-state index is 5.69. The van der Waals surface area contributed by atoms with Crippen LogP contribution in [-0.4, -0.2) is 9.55 Å². The smallest absolute Gasteiger partial charge is 0.144 e. The van der Waals surface area contributed by atoms with Gasteiger partial charge in [-0.1, -0.05) is 6.92 Å². The minimum atomic E-state index is 0.719. The fourth-order valence-corrected chi connectivity index (χ4v) is 1.63. The predicted octanol–water partition coefficient (Wildman–Crippen LogP) is 1.05. The van der Waals surface area contributed by atoms with E-state index in [4.69, 9.17) is 5.73 Å². The summed E-state index contributed by atoms with van der Waals surface area (Å²) >= 11 is 0. The molecule has 0 saturated carbocycles. The molecule has 0 fully saturated rings. The van der Waals surface area contributed by atoms with Gasteiger partial charge in [0, 0.05) is 6.54 Å². The van der Waals surface area contributed by atoms with E-state index < -0.39 is 0 Å². The van der Waals surface area contributed by atoms with Crippen molar-refractivity contribution < 1.29 is 0 Å². The molecule has 1 aliphatic heterocycles. The minimum Gasteiger partial charge on any atom is -0.382 e. The Morgan fingerprint density at radius 2 is 2.55 bits per heavy atom.